The maximum Gasteiger partial charge on any atom is 0.294 e. The summed E-state index contributed by atoms with van der Waals surface area (Å²) >= 11 is 0. The Morgan fingerprint density at radius 3 is 2.91 bits per heavy atom. The highest BCUT2D eigenvalue weighted by molar-refractivity contribution is 6.03. The van der Waals surface area contributed by atoms with Crippen LogP contribution >= 0.6 is 0 Å². The van der Waals surface area contributed by atoms with Gasteiger partial charge < -0.3 is 9.84 Å². The number of anilines is 1. The second kappa shape index (κ2) is 5.64. The van der Waals surface area contributed by atoms with E-state index in [1.807, 2.05) is 0 Å². The minimum absolute atomic E-state index is 0.295. The van der Waals surface area contributed by atoms with Crippen molar-refractivity contribution in [3.05, 3.63) is 47.9 Å². The van der Waals surface area contributed by atoms with Gasteiger partial charge in [0.15, 0.2) is 0 Å². The number of aryl methyl sites for hydroxylation is 1. The van der Waals surface area contributed by atoms with Crippen molar-refractivity contribution in [3.8, 4) is 5.95 Å². The quantitative estimate of drug-likeness (QED) is 0.791. The third-order valence-electron chi connectivity index (χ3n) is 3.76. The molecule has 0 radical (unpaired) electrons. The van der Waals surface area contributed by atoms with Gasteiger partial charge in [-0.15, -0.1) is 0 Å². The van der Waals surface area contributed by atoms with Crippen molar-refractivity contribution in [2.75, 3.05) is 5.32 Å². The molecule has 0 fully saturated rings. The molecule has 3 aromatic heterocycles. The van der Waals surface area contributed by atoms with Crippen LogP contribution in [0.2, 0.25) is 0 Å². The Hall–Kier alpha value is -3.03. The van der Waals surface area contributed by atoms with Crippen LogP contribution in [0.4, 0.5) is 5.69 Å². The zero-order chi connectivity index (χ0) is 15.6. The number of carbonyl (C=O) groups excluding carboxylic acids is 1. The van der Waals surface area contributed by atoms with Gasteiger partial charge in [-0.1, -0.05) is 5.16 Å². The Bertz CT molecular complexity index is 839. The molecule has 8 nitrogen and oxygen atoms in total. The Balaban J connectivity index is 1.53. The molecule has 3 heterocycles. The predicted molar refractivity (Wildman–Crippen MR) is 80.3 cm³/mol. The fraction of sp³-hybridized carbons (Fsp3) is 0.267. The number of aromatic nitrogens is 5. The Morgan fingerprint density at radius 2 is 2.04 bits per heavy atom. The van der Waals surface area contributed by atoms with Crippen molar-refractivity contribution in [3.63, 3.8) is 0 Å². The first-order valence-electron chi connectivity index (χ1n) is 7.42. The van der Waals surface area contributed by atoms with Gasteiger partial charge >= 0.3 is 0 Å². The molecular weight excluding hydrogens is 296 g/mol. The molecule has 116 valence electrons. The van der Waals surface area contributed by atoms with E-state index in [2.05, 4.69) is 25.5 Å². The van der Waals surface area contributed by atoms with Gasteiger partial charge in [0.25, 0.3) is 5.91 Å². The molecule has 3 aromatic rings. The SMILES string of the molecule is O=C(Nc1cnn(-c2ncccn2)c1)c1onc2c1CCCC2. The van der Waals surface area contributed by atoms with E-state index in [0.717, 1.165) is 36.9 Å². The van der Waals surface area contributed by atoms with Gasteiger partial charge in [0, 0.05) is 18.0 Å². The van der Waals surface area contributed by atoms with Gasteiger partial charge in [0.05, 0.1) is 23.8 Å². The van der Waals surface area contributed by atoms with Crippen LogP contribution in [-0.4, -0.2) is 30.8 Å². The molecule has 8 heteroatoms. The highest BCUT2D eigenvalue weighted by Gasteiger charge is 2.24. The van der Waals surface area contributed by atoms with E-state index >= 15 is 0 Å². The largest absolute Gasteiger partial charge is 0.350 e. The van der Waals surface area contributed by atoms with E-state index in [4.69, 9.17) is 4.52 Å². The van der Waals surface area contributed by atoms with Crippen molar-refractivity contribution >= 4 is 11.6 Å². The second-order valence-electron chi connectivity index (χ2n) is 5.32. The van der Waals surface area contributed by atoms with Gasteiger partial charge in [-0.25, -0.2) is 14.6 Å². The van der Waals surface area contributed by atoms with Crippen molar-refractivity contribution < 1.29 is 9.32 Å². The molecule has 0 spiro atoms. The van der Waals surface area contributed by atoms with Crippen LogP contribution in [0.3, 0.4) is 0 Å². The summed E-state index contributed by atoms with van der Waals surface area (Å²) in [4.78, 5) is 20.6. The Morgan fingerprint density at radius 1 is 1.22 bits per heavy atom. The molecule has 0 aromatic carbocycles. The van der Waals surface area contributed by atoms with Gasteiger partial charge in [0.1, 0.15) is 0 Å². The number of rotatable bonds is 3. The normalized spacial score (nSPS) is 13.6. The van der Waals surface area contributed by atoms with Crippen molar-refractivity contribution in [1.29, 1.82) is 0 Å². The Labute approximate surface area is 131 Å². The molecule has 0 atom stereocenters. The molecule has 0 saturated heterocycles. The maximum absolute atomic E-state index is 12.4. The smallest absolute Gasteiger partial charge is 0.294 e. The first-order chi connectivity index (χ1) is 11.3. The standard InChI is InChI=1S/C15H14N6O2/c22-14(13-11-4-1-2-5-12(11)20-23-13)19-10-8-18-21(9-10)15-16-6-3-7-17-15/h3,6-9H,1-2,4-5H2,(H,19,22). The number of carbonyl (C=O) groups is 1. The molecule has 1 aliphatic carbocycles. The molecule has 0 saturated carbocycles. The van der Waals surface area contributed by atoms with Crippen molar-refractivity contribution in [2.45, 2.75) is 25.7 Å². The average molecular weight is 310 g/mol. The molecule has 0 aliphatic heterocycles. The van der Waals surface area contributed by atoms with Crippen LogP contribution < -0.4 is 5.32 Å². The van der Waals surface area contributed by atoms with Crippen molar-refractivity contribution in [2.24, 2.45) is 0 Å². The predicted octanol–water partition coefficient (Wildman–Crippen LogP) is 1.78. The van der Waals surface area contributed by atoms with Crippen molar-refractivity contribution in [1.82, 2.24) is 24.9 Å². The van der Waals surface area contributed by atoms with Gasteiger partial charge in [-0.3, -0.25) is 4.79 Å². The summed E-state index contributed by atoms with van der Waals surface area (Å²) in [5, 5.41) is 10.9. The van der Waals surface area contributed by atoms with E-state index in [-0.39, 0.29) is 5.91 Å². The fourth-order valence-corrected chi connectivity index (χ4v) is 2.66. The monoisotopic (exact) mass is 310 g/mol. The average Bonchev–Trinajstić information content (AvgIpc) is 3.22. The van der Waals surface area contributed by atoms with E-state index in [9.17, 15) is 4.79 Å². The minimum Gasteiger partial charge on any atom is -0.350 e. The third-order valence-corrected chi connectivity index (χ3v) is 3.76. The lowest BCUT2D eigenvalue weighted by atomic mass is 9.96. The lowest BCUT2D eigenvalue weighted by Gasteiger charge is -2.08. The molecule has 1 amide bonds. The zero-order valence-corrected chi connectivity index (χ0v) is 12.3. The molecule has 0 bridgehead atoms. The highest BCUT2D eigenvalue weighted by Crippen LogP contribution is 2.24. The summed E-state index contributed by atoms with van der Waals surface area (Å²) in [5.74, 6) is 0.419. The summed E-state index contributed by atoms with van der Waals surface area (Å²) in [5.41, 5.74) is 2.37. The van der Waals surface area contributed by atoms with E-state index < -0.39 is 0 Å². The van der Waals surface area contributed by atoms with E-state index in [1.54, 1.807) is 24.7 Å². The summed E-state index contributed by atoms with van der Waals surface area (Å²) in [6.45, 7) is 0. The van der Waals surface area contributed by atoms with Crippen LogP contribution in [0, 0.1) is 0 Å². The number of amides is 1. The molecule has 1 N–H and O–H groups in total. The molecule has 0 unspecified atom stereocenters. The lowest BCUT2D eigenvalue weighted by molar-refractivity contribution is 0.0986. The van der Waals surface area contributed by atoms with Crippen LogP contribution in [0.25, 0.3) is 5.95 Å². The summed E-state index contributed by atoms with van der Waals surface area (Å²) in [6.07, 6.45) is 10.3. The van der Waals surface area contributed by atoms with E-state index in [1.165, 1.54) is 10.9 Å². The van der Waals surface area contributed by atoms with Gasteiger partial charge in [-0.2, -0.15) is 5.10 Å². The van der Waals surface area contributed by atoms with Gasteiger partial charge in [0.2, 0.25) is 11.7 Å². The van der Waals surface area contributed by atoms with E-state index in [0.29, 0.717) is 17.4 Å². The molecule has 1 aliphatic rings. The number of nitrogens with zero attached hydrogens (tertiary/aromatic N) is 5. The van der Waals surface area contributed by atoms with Crippen LogP contribution in [-0.2, 0) is 12.8 Å². The first-order valence-corrected chi connectivity index (χ1v) is 7.42. The van der Waals surface area contributed by atoms with Crippen LogP contribution in [0.1, 0.15) is 34.7 Å². The molecule has 23 heavy (non-hydrogen) atoms. The Kier molecular flexibility index (Phi) is 3.34. The maximum atomic E-state index is 12.4. The second-order valence-corrected chi connectivity index (χ2v) is 5.32. The van der Waals surface area contributed by atoms with Crippen LogP contribution in [0.5, 0.6) is 0 Å². The lowest BCUT2D eigenvalue weighted by Crippen LogP contribution is -2.14. The van der Waals surface area contributed by atoms with Crippen LogP contribution in [0.15, 0.2) is 35.4 Å². The first kappa shape index (κ1) is 13.6. The zero-order valence-electron chi connectivity index (χ0n) is 12.3. The number of hydrogen-bond donors (Lipinski definition) is 1. The number of hydrogen-bond acceptors (Lipinski definition) is 6. The summed E-state index contributed by atoms with van der Waals surface area (Å²) in [6, 6.07) is 1.72. The molecule has 4 rings (SSSR count). The topological polar surface area (TPSA) is 98.7 Å². The summed E-state index contributed by atoms with van der Waals surface area (Å²) < 4.78 is 6.72. The number of fused-ring (bicyclic) bond motifs is 1. The highest BCUT2D eigenvalue weighted by atomic mass is 16.5. The third kappa shape index (κ3) is 2.59. The summed E-state index contributed by atoms with van der Waals surface area (Å²) in [7, 11) is 0. The minimum atomic E-state index is -0.311. The number of nitrogens with one attached hydrogen (secondary N) is 1. The molecular formula is C15H14N6O2. The van der Waals surface area contributed by atoms with Gasteiger partial charge in [-0.05, 0) is 31.7 Å². The fourth-order valence-electron chi connectivity index (χ4n) is 2.66.